The van der Waals surface area contributed by atoms with E-state index in [1.54, 1.807) is 6.07 Å². The number of hydrogen-bond donors (Lipinski definition) is 3. The molecule has 3 N–H and O–H groups in total. The van der Waals surface area contributed by atoms with Gasteiger partial charge in [-0.25, -0.2) is 10.5 Å². The summed E-state index contributed by atoms with van der Waals surface area (Å²) >= 11 is 0. The van der Waals surface area contributed by atoms with Gasteiger partial charge < -0.3 is 0 Å². The van der Waals surface area contributed by atoms with Crippen LogP contribution in [0.1, 0.15) is 51.5 Å². The number of hydrogen-bond acceptors (Lipinski definition) is 10. The minimum atomic E-state index is -4.45. The lowest BCUT2D eigenvalue weighted by molar-refractivity contribution is -0.439. The molecule has 1 unspecified atom stereocenters. The third-order valence-electron chi connectivity index (χ3n) is 5.93. The number of nitrogens with zero attached hydrogens (tertiary/aromatic N) is 1. The first-order chi connectivity index (χ1) is 15.2. The van der Waals surface area contributed by atoms with Gasteiger partial charge in [0.15, 0.2) is 5.71 Å². The zero-order chi connectivity index (χ0) is 25.1. The van der Waals surface area contributed by atoms with Crippen LogP contribution in [0, 0.1) is 0 Å². The van der Waals surface area contributed by atoms with Crippen molar-refractivity contribution in [3.05, 3.63) is 23.8 Å². The van der Waals surface area contributed by atoms with Crippen molar-refractivity contribution < 1.29 is 53.6 Å². The van der Waals surface area contributed by atoms with E-state index in [1.165, 1.54) is 12.1 Å². The maximum atomic E-state index is 11.7. The number of benzene rings is 1. The maximum Gasteiger partial charge on any atom is 0.294 e. The first kappa shape index (κ1) is 27.8. The molecule has 0 aliphatic carbocycles. The monoisotopic (exact) mass is 530 g/mol. The summed E-state index contributed by atoms with van der Waals surface area (Å²) in [6, 6.07) is 4.21. The molecule has 0 bridgehead atoms. The summed E-state index contributed by atoms with van der Waals surface area (Å²) < 4.78 is 87.0. The average molecular weight is 531 g/mol. The Morgan fingerprint density at radius 1 is 0.909 bits per heavy atom. The molecular weight excluding hydrogens is 502 g/mol. The molecule has 33 heavy (non-hydrogen) atoms. The van der Waals surface area contributed by atoms with E-state index in [4.69, 9.17) is 10.5 Å². The molecule has 12 nitrogen and oxygen atoms in total. The standard InChI is InChI=1S/C18H27NO11S3/c1-14-18(2,9-3-5-11-31(22,23)29-20)16-13-15(33(26,27)28)7-8-17(16)19(14)10-4-6-12-32(24,25)30-21/h7-8,13H,3-6,9-12H2,1-2H3,(H2-,20,21,26,27,28)/p+1. The number of unbranched alkanes of at least 4 members (excludes halogenated alkanes) is 2. The van der Waals surface area contributed by atoms with Crippen molar-refractivity contribution in [3.63, 3.8) is 0 Å². The van der Waals surface area contributed by atoms with Crippen molar-refractivity contribution in [2.24, 2.45) is 0 Å². The maximum absolute atomic E-state index is 11.7. The highest BCUT2D eigenvalue weighted by Gasteiger charge is 2.46. The fourth-order valence-electron chi connectivity index (χ4n) is 4.01. The second-order valence-electron chi connectivity index (χ2n) is 8.06. The Kier molecular flexibility index (Phi) is 8.78. The van der Waals surface area contributed by atoms with E-state index in [0.717, 1.165) is 5.71 Å². The van der Waals surface area contributed by atoms with Gasteiger partial charge in [0.05, 0.1) is 21.8 Å². The topological polar surface area (TPSA) is 185 Å². The van der Waals surface area contributed by atoms with Crippen LogP contribution in [0.3, 0.4) is 0 Å². The average Bonchev–Trinajstić information content (AvgIpc) is 2.95. The van der Waals surface area contributed by atoms with Gasteiger partial charge in [0.1, 0.15) is 6.54 Å². The highest BCUT2D eigenvalue weighted by atomic mass is 32.2. The third kappa shape index (κ3) is 6.79. The van der Waals surface area contributed by atoms with Gasteiger partial charge in [0.2, 0.25) is 5.69 Å². The highest BCUT2D eigenvalue weighted by molar-refractivity contribution is 7.86. The summed E-state index contributed by atoms with van der Waals surface area (Å²) in [5.41, 5.74) is 1.46. The molecule has 1 aromatic carbocycles. The quantitative estimate of drug-likeness (QED) is 0.111. The Labute approximate surface area is 193 Å². The van der Waals surface area contributed by atoms with Crippen LogP contribution in [0.15, 0.2) is 23.1 Å². The molecule has 0 radical (unpaired) electrons. The summed E-state index contributed by atoms with van der Waals surface area (Å²) in [6.45, 7) is 4.11. The third-order valence-corrected chi connectivity index (χ3v) is 8.81. The van der Waals surface area contributed by atoms with E-state index in [-0.39, 0.29) is 29.2 Å². The lowest BCUT2D eigenvalue weighted by Gasteiger charge is -2.22. The van der Waals surface area contributed by atoms with Crippen LogP contribution >= 0.6 is 0 Å². The smallest absolute Gasteiger partial charge is 0.282 e. The van der Waals surface area contributed by atoms with Gasteiger partial charge in [0, 0.05) is 25.0 Å². The minimum Gasteiger partial charge on any atom is -0.282 e. The molecule has 15 heteroatoms. The van der Waals surface area contributed by atoms with Crippen molar-refractivity contribution in [3.8, 4) is 0 Å². The van der Waals surface area contributed by atoms with Crippen molar-refractivity contribution in [1.29, 1.82) is 0 Å². The van der Waals surface area contributed by atoms with Gasteiger partial charge in [-0.15, -0.1) is 8.67 Å². The van der Waals surface area contributed by atoms with Gasteiger partial charge in [0.25, 0.3) is 30.4 Å². The van der Waals surface area contributed by atoms with Crippen molar-refractivity contribution >= 4 is 41.8 Å². The van der Waals surface area contributed by atoms with Crippen molar-refractivity contribution in [2.45, 2.75) is 56.3 Å². The lowest BCUT2D eigenvalue weighted by Crippen LogP contribution is -2.31. The molecule has 1 heterocycles. The molecule has 1 aliphatic rings. The van der Waals surface area contributed by atoms with E-state index in [0.29, 0.717) is 37.1 Å². The summed E-state index contributed by atoms with van der Waals surface area (Å²) in [6.07, 6.45) is 1.66. The SMILES string of the molecule is CC1=[N+](CCCCS(=O)(=O)OO)c2ccc(S(=O)(=O)O)cc2C1(C)CCCCS(=O)(=O)OO. The van der Waals surface area contributed by atoms with Gasteiger partial charge in [-0.3, -0.25) is 4.55 Å². The molecule has 0 fully saturated rings. The predicted octanol–water partition coefficient (Wildman–Crippen LogP) is 1.90. The fourth-order valence-corrected chi connectivity index (χ4v) is 5.78. The van der Waals surface area contributed by atoms with Gasteiger partial charge >= 0.3 is 0 Å². The first-order valence-electron chi connectivity index (χ1n) is 10.0. The summed E-state index contributed by atoms with van der Waals surface area (Å²) in [4.78, 5) is -0.274. The Morgan fingerprint density at radius 2 is 1.45 bits per heavy atom. The largest absolute Gasteiger partial charge is 0.294 e. The highest BCUT2D eigenvalue weighted by Crippen LogP contribution is 2.44. The van der Waals surface area contributed by atoms with Crippen LogP contribution in [-0.4, -0.2) is 68.7 Å². The van der Waals surface area contributed by atoms with E-state index in [2.05, 4.69) is 8.67 Å². The molecule has 1 aromatic rings. The Hall–Kier alpha value is -1.46. The zero-order valence-electron chi connectivity index (χ0n) is 18.2. The van der Waals surface area contributed by atoms with Gasteiger partial charge in [-0.1, -0.05) is 6.42 Å². The fraction of sp³-hybridized carbons (Fsp3) is 0.611. The Balaban J connectivity index is 2.31. The van der Waals surface area contributed by atoms with E-state index < -0.39 is 35.8 Å². The number of fused-ring (bicyclic) bond motifs is 1. The Morgan fingerprint density at radius 3 is 1.97 bits per heavy atom. The van der Waals surface area contributed by atoms with Crippen LogP contribution in [-0.2, 0) is 44.4 Å². The molecule has 188 valence electrons. The molecule has 0 amide bonds. The van der Waals surface area contributed by atoms with E-state index in [9.17, 15) is 29.8 Å². The second kappa shape index (κ2) is 10.4. The molecule has 0 saturated carbocycles. The van der Waals surface area contributed by atoms with Crippen LogP contribution in [0.5, 0.6) is 0 Å². The van der Waals surface area contributed by atoms with Gasteiger partial charge in [-0.2, -0.15) is 29.8 Å². The Bertz CT molecular complexity index is 1220. The van der Waals surface area contributed by atoms with Crippen LogP contribution in [0.25, 0.3) is 0 Å². The molecule has 0 spiro atoms. The summed E-state index contributed by atoms with van der Waals surface area (Å²) in [5, 5.41) is 16.8. The predicted molar refractivity (Wildman–Crippen MR) is 117 cm³/mol. The summed E-state index contributed by atoms with van der Waals surface area (Å²) in [5.74, 6) is -0.759. The van der Waals surface area contributed by atoms with E-state index in [1.807, 2.05) is 18.4 Å². The normalized spacial score (nSPS) is 19.2. The van der Waals surface area contributed by atoms with Crippen LogP contribution in [0.4, 0.5) is 5.69 Å². The molecule has 0 saturated heterocycles. The molecule has 1 aliphatic heterocycles. The second-order valence-corrected chi connectivity index (χ2v) is 12.8. The van der Waals surface area contributed by atoms with Crippen LogP contribution in [0.2, 0.25) is 0 Å². The molecule has 0 aromatic heterocycles. The first-order valence-corrected chi connectivity index (χ1v) is 14.6. The molecule has 2 rings (SSSR count). The van der Waals surface area contributed by atoms with Crippen molar-refractivity contribution in [1.82, 2.24) is 0 Å². The van der Waals surface area contributed by atoms with Crippen LogP contribution < -0.4 is 0 Å². The zero-order valence-corrected chi connectivity index (χ0v) is 20.6. The minimum absolute atomic E-state index is 0.193. The van der Waals surface area contributed by atoms with Crippen molar-refractivity contribution in [2.75, 3.05) is 18.1 Å². The molecule has 1 atom stereocenters. The summed E-state index contributed by atoms with van der Waals surface area (Å²) in [7, 11) is -12.5. The number of rotatable bonds is 13. The lowest BCUT2D eigenvalue weighted by atomic mass is 9.76. The molecular formula is C18H28NO11S3+. The van der Waals surface area contributed by atoms with Gasteiger partial charge in [-0.05, 0) is 38.3 Å². The van der Waals surface area contributed by atoms with E-state index >= 15 is 0 Å².